The lowest BCUT2D eigenvalue weighted by molar-refractivity contribution is -0.136. The number of carbonyl (C=O) groups excluding carboxylic acids is 1. The fourth-order valence-electron chi connectivity index (χ4n) is 2.40. The molecule has 1 aliphatic heterocycles. The Balaban J connectivity index is 2.12. The molecule has 2 rings (SSSR count). The molecule has 1 aliphatic rings. The van der Waals surface area contributed by atoms with Crippen LogP contribution in [0.25, 0.3) is 0 Å². The predicted molar refractivity (Wildman–Crippen MR) is 87.8 cm³/mol. The Morgan fingerprint density at radius 2 is 2.05 bits per heavy atom. The van der Waals surface area contributed by atoms with Crippen molar-refractivity contribution in [2.45, 2.75) is 52.2 Å². The van der Waals surface area contributed by atoms with Crippen molar-refractivity contribution in [3.63, 3.8) is 0 Å². The van der Waals surface area contributed by atoms with Gasteiger partial charge in [-0.15, -0.1) is 11.3 Å². The van der Waals surface area contributed by atoms with Crippen molar-refractivity contribution in [2.24, 2.45) is 0 Å². The highest BCUT2D eigenvalue weighted by Gasteiger charge is 2.41. The van der Waals surface area contributed by atoms with Crippen LogP contribution in [0.4, 0.5) is 5.13 Å². The summed E-state index contributed by atoms with van der Waals surface area (Å²) in [7, 11) is 1.86. The molecule has 1 N–H and O–H groups in total. The lowest BCUT2D eigenvalue weighted by Gasteiger charge is -2.44. The number of hydrogen-bond acceptors (Lipinski definition) is 5. The molecule has 1 amide bonds. The molecule has 1 saturated heterocycles. The normalized spacial score (nSPS) is 19.2. The number of aromatic nitrogens is 1. The number of hydrogen-bond donors (Lipinski definition) is 1. The van der Waals surface area contributed by atoms with E-state index in [2.05, 4.69) is 36.0 Å². The van der Waals surface area contributed by atoms with Gasteiger partial charge in [-0.2, -0.15) is 0 Å². The van der Waals surface area contributed by atoms with Crippen molar-refractivity contribution >= 4 is 22.4 Å². The molecule has 5 nitrogen and oxygen atoms in total. The summed E-state index contributed by atoms with van der Waals surface area (Å²) < 4.78 is 0. The fourth-order valence-corrected chi connectivity index (χ4v) is 3.42. The summed E-state index contributed by atoms with van der Waals surface area (Å²) in [5.74, 6) is 0.151. The van der Waals surface area contributed by atoms with E-state index in [4.69, 9.17) is 0 Å². The molecule has 1 aromatic rings. The van der Waals surface area contributed by atoms with Gasteiger partial charge in [-0.1, -0.05) is 0 Å². The van der Waals surface area contributed by atoms with Gasteiger partial charge in [-0.05, 0) is 34.6 Å². The van der Waals surface area contributed by atoms with Gasteiger partial charge in [0.25, 0.3) is 0 Å². The van der Waals surface area contributed by atoms with Crippen LogP contribution in [-0.4, -0.2) is 47.0 Å². The molecule has 6 heteroatoms. The van der Waals surface area contributed by atoms with Crippen molar-refractivity contribution in [1.82, 2.24) is 15.2 Å². The first kappa shape index (κ1) is 16.2. The second-order valence-corrected chi connectivity index (χ2v) is 8.24. The molecule has 0 atom stereocenters. The van der Waals surface area contributed by atoms with Crippen LogP contribution in [-0.2, 0) is 11.3 Å². The van der Waals surface area contributed by atoms with Crippen molar-refractivity contribution < 1.29 is 4.79 Å². The van der Waals surface area contributed by atoms with Crippen molar-refractivity contribution in [3.05, 3.63) is 11.1 Å². The number of carbonyl (C=O) groups is 1. The van der Waals surface area contributed by atoms with E-state index >= 15 is 0 Å². The van der Waals surface area contributed by atoms with Crippen LogP contribution < -0.4 is 10.2 Å². The van der Waals surface area contributed by atoms with Crippen LogP contribution in [0.3, 0.4) is 0 Å². The number of piperazine rings is 1. The molecule has 0 aliphatic carbocycles. The Bertz CT molecular complexity index is 518. The minimum absolute atomic E-state index is 0.0905. The van der Waals surface area contributed by atoms with Crippen LogP contribution in [0.15, 0.2) is 6.20 Å². The van der Waals surface area contributed by atoms with Gasteiger partial charge in [0.05, 0.1) is 0 Å². The summed E-state index contributed by atoms with van der Waals surface area (Å²) in [4.78, 5) is 22.0. The maximum absolute atomic E-state index is 12.3. The molecule has 1 fully saturated rings. The van der Waals surface area contributed by atoms with Gasteiger partial charge in [0.1, 0.15) is 5.54 Å². The third-order valence-electron chi connectivity index (χ3n) is 3.77. The first-order valence-electron chi connectivity index (χ1n) is 7.34. The summed E-state index contributed by atoms with van der Waals surface area (Å²) in [6.45, 7) is 12.8. The van der Waals surface area contributed by atoms with E-state index in [-0.39, 0.29) is 11.4 Å². The van der Waals surface area contributed by atoms with E-state index in [9.17, 15) is 4.79 Å². The molecular weight excluding hydrogens is 284 g/mol. The topological polar surface area (TPSA) is 48.5 Å². The quantitative estimate of drug-likeness (QED) is 0.929. The van der Waals surface area contributed by atoms with Gasteiger partial charge in [0.2, 0.25) is 5.91 Å². The zero-order chi connectivity index (χ0) is 15.8. The zero-order valence-electron chi connectivity index (χ0n) is 13.9. The highest BCUT2D eigenvalue weighted by molar-refractivity contribution is 7.15. The van der Waals surface area contributed by atoms with E-state index < -0.39 is 5.54 Å². The number of thiazole rings is 1. The van der Waals surface area contributed by atoms with Gasteiger partial charge in [-0.25, -0.2) is 4.98 Å². The van der Waals surface area contributed by atoms with Gasteiger partial charge in [0.15, 0.2) is 5.13 Å². The zero-order valence-corrected chi connectivity index (χ0v) is 14.7. The molecule has 21 heavy (non-hydrogen) atoms. The lowest BCUT2D eigenvalue weighted by atomic mass is 9.99. The molecule has 0 saturated carbocycles. The Labute approximate surface area is 131 Å². The number of anilines is 1. The van der Waals surface area contributed by atoms with Gasteiger partial charge < -0.3 is 15.1 Å². The molecule has 0 aromatic carbocycles. The predicted octanol–water partition coefficient (Wildman–Crippen LogP) is 2.09. The lowest BCUT2D eigenvalue weighted by Crippen LogP contribution is -2.62. The second kappa shape index (κ2) is 5.57. The highest BCUT2D eigenvalue weighted by Crippen LogP contribution is 2.31. The minimum Gasteiger partial charge on any atom is -0.342 e. The Morgan fingerprint density at radius 1 is 1.38 bits per heavy atom. The summed E-state index contributed by atoms with van der Waals surface area (Å²) >= 11 is 1.67. The van der Waals surface area contributed by atoms with Crippen molar-refractivity contribution in [3.8, 4) is 0 Å². The second-order valence-electron chi connectivity index (χ2n) is 7.15. The molecule has 0 spiro atoms. The standard InChI is InChI=1S/C15H26N4OS/c1-14(2,3)17-10-11-9-16-13(21-11)19-8-7-18(6)12(20)15(19,4)5/h9,17H,7-8,10H2,1-6H3. The molecule has 0 bridgehead atoms. The van der Waals surface area contributed by atoms with Crippen LogP contribution in [0.2, 0.25) is 0 Å². The summed E-state index contributed by atoms with van der Waals surface area (Å²) in [6.07, 6.45) is 1.91. The average molecular weight is 310 g/mol. The van der Waals surface area contributed by atoms with E-state index in [0.717, 1.165) is 24.8 Å². The minimum atomic E-state index is -0.528. The number of likely N-dealkylation sites (N-methyl/N-ethyl adjacent to an activating group) is 1. The number of nitrogens with zero attached hydrogens (tertiary/aromatic N) is 3. The summed E-state index contributed by atoms with van der Waals surface area (Å²) in [5.41, 5.74) is -0.438. The van der Waals surface area contributed by atoms with Gasteiger partial charge >= 0.3 is 0 Å². The highest BCUT2D eigenvalue weighted by atomic mass is 32.1. The van der Waals surface area contributed by atoms with Gasteiger partial charge in [-0.3, -0.25) is 4.79 Å². The summed E-state index contributed by atoms with van der Waals surface area (Å²) in [5, 5.41) is 4.40. The van der Waals surface area contributed by atoms with E-state index in [0.29, 0.717) is 0 Å². The van der Waals surface area contributed by atoms with Crippen LogP contribution in [0.5, 0.6) is 0 Å². The number of amides is 1. The maximum Gasteiger partial charge on any atom is 0.247 e. The molecule has 0 radical (unpaired) electrons. The fraction of sp³-hybridized carbons (Fsp3) is 0.733. The maximum atomic E-state index is 12.3. The van der Waals surface area contributed by atoms with E-state index in [1.165, 1.54) is 4.88 Å². The van der Waals surface area contributed by atoms with Crippen LogP contribution >= 0.6 is 11.3 Å². The molecule has 0 unspecified atom stereocenters. The molecule has 2 heterocycles. The molecular formula is C15H26N4OS. The van der Waals surface area contributed by atoms with Crippen LogP contribution in [0.1, 0.15) is 39.5 Å². The molecule has 118 valence electrons. The van der Waals surface area contributed by atoms with Gasteiger partial charge in [0, 0.05) is 43.3 Å². The van der Waals surface area contributed by atoms with E-state index in [1.807, 2.05) is 27.1 Å². The Hall–Kier alpha value is -1.14. The number of rotatable bonds is 3. The van der Waals surface area contributed by atoms with Crippen LogP contribution in [0, 0.1) is 0 Å². The third kappa shape index (κ3) is 3.55. The monoisotopic (exact) mass is 310 g/mol. The van der Waals surface area contributed by atoms with Crippen molar-refractivity contribution in [2.75, 3.05) is 25.0 Å². The summed E-state index contributed by atoms with van der Waals surface area (Å²) in [6, 6.07) is 0. The first-order valence-corrected chi connectivity index (χ1v) is 8.16. The SMILES string of the molecule is CN1CCN(c2ncc(CNC(C)(C)C)s2)C(C)(C)C1=O. The Kier molecular flexibility index (Phi) is 4.31. The largest absolute Gasteiger partial charge is 0.342 e. The van der Waals surface area contributed by atoms with E-state index in [1.54, 1.807) is 16.2 Å². The molecule has 1 aromatic heterocycles. The van der Waals surface area contributed by atoms with Crippen molar-refractivity contribution in [1.29, 1.82) is 0 Å². The first-order chi connectivity index (χ1) is 9.61. The average Bonchev–Trinajstić information content (AvgIpc) is 2.81. The Morgan fingerprint density at radius 3 is 2.67 bits per heavy atom. The number of nitrogens with one attached hydrogen (secondary N) is 1. The third-order valence-corrected chi connectivity index (χ3v) is 4.79. The smallest absolute Gasteiger partial charge is 0.247 e.